The van der Waals surface area contributed by atoms with Crippen LogP contribution in [0, 0.1) is 5.92 Å². The zero-order valence-electron chi connectivity index (χ0n) is 9.98. The van der Waals surface area contributed by atoms with Gasteiger partial charge >= 0.3 is 0 Å². The first-order valence-corrected chi connectivity index (χ1v) is 6.78. The van der Waals surface area contributed by atoms with Crippen LogP contribution < -0.4 is 11.1 Å². The maximum Gasteiger partial charge on any atom is 0.270 e. The molecule has 17 heavy (non-hydrogen) atoms. The molecule has 5 nitrogen and oxygen atoms in total. The Balaban J connectivity index is 1.77. The lowest BCUT2D eigenvalue weighted by Crippen LogP contribution is -2.31. The van der Waals surface area contributed by atoms with Crippen molar-refractivity contribution in [3.05, 3.63) is 11.1 Å². The van der Waals surface area contributed by atoms with Crippen LogP contribution in [0.2, 0.25) is 0 Å². The number of nitrogen functional groups attached to an aromatic ring is 1. The molecule has 1 atom stereocenters. The lowest BCUT2D eigenvalue weighted by molar-refractivity contribution is 0.0943. The van der Waals surface area contributed by atoms with E-state index in [0.717, 1.165) is 32.6 Å². The van der Waals surface area contributed by atoms with Crippen molar-refractivity contribution in [1.29, 1.82) is 0 Å². The number of nitrogens with one attached hydrogen (secondary N) is 1. The number of carbonyl (C=O) groups is 1. The molecule has 0 aromatic carbocycles. The highest BCUT2D eigenvalue weighted by atomic mass is 32.1. The second kappa shape index (κ2) is 5.46. The fourth-order valence-corrected chi connectivity index (χ4v) is 2.63. The maximum absolute atomic E-state index is 11.7. The van der Waals surface area contributed by atoms with Gasteiger partial charge in [-0.1, -0.05) is 6.92 Å². The molecule has 1 fully saturated rings. The molecular formula is C11H18N4OS. The molecule has 1 aliphatic rings. The lowest BCUT2D eigenvalue weighted by Gasteiger charge is -2.13. The topological polar surface area (TPSA) is 71.2 Å². The van der Waals surface area contributed by atoms with Crippen LogP contribution in [0.15, 0.2) is 5.38 Å². The predicted octanol–water partition coefficient (Wildman–Crippen LogP) is 0.797. The van der Waals surface area contributed by atoms with Crippen LogP contribution in [0.25, 0.3) is 0 Å². The number of hydrogen-bond acceptors (Lipinski definition) is 5. The first kappa shape index (κ1) is 12.3. The molecule has 6 heteroatoms. The largest absolute Gasteiger partial charge is 0.375 e. The predicted molar refractivity (Wildman–Crippen MR) is 69.1 cm³/mol. The Bertz CT molecular complexity index is 393. The molecular weight excluding hydrogens is 236 g/mol. The van der Waals surface area contributed by atoms with E-state index in [2.05, 4.69) is 22.1 Å². The zero-order chi connectivity index (χ0) is 12.3. The smallest absolute Gasteiger partial charge is 0.270 e. The van der Waals surface area contributed by atoms with E-state index >= 15 is 0 Å². The lowest BCUT2D eigenvalue weighted by atomic mass is 10.1. The summed E-state index contributed by atoms with van der Waals surface area (Å²) >= 11 is 1.29. The van der Waals surface area contributed by atoms with Crippen LogP contribution in [0.5, 0.6) is 0 Å². The molecule has 2 heterocycles. The van der Waals surface area contributed by atoms with Crippen molar-refractivity contribution < 1.29 is 4.79 Å². The number of hydrogen-bond donors (Lipinski definition) is 2. The van der Waals surface area contributed by atoms with Gasteiger partial charge in [-0.3, -0.25) is 4.79 Å². The van der Waals surface area contributed by atoms with Gasteiger partial charge < -0.3 is 16.0 Å². The van der Waals surface area contributed by atoms with Gasteiger partial charge in [0, 0.05) is 18.5 Å². The van der Waals surface area contributed by atoms with E-state index in [9.17, 15) is 4.79 Å². The van der Waals surface area contributed by atoms with E-state index in [0.29, 0.717) is 16.7 Å². The molecule has 0 aliphatic carbocycles. The Morgan fingerprint density at radius 2 is 2.59 bits per heavy atom. The molecule has 1 aromatic rings. The molecule has 1 unspecified atom stereocenters. The van der Waals surface area contributed by atoms with Crippen molar-refractivity contribution in [3.63, 3.8) is 0 Å². The highest BCUT2D eigenvalue weighted by Gasteiger charge is 2.21. The van der Waals surface area contributed by atoms with Gasteiger partial charge in [0.25, 0.3) is 5.91 Å². The normalized spacial score (nSPS) is 20.6. The quantitative estimate of drug-likeness (QED) is 0.833. The summed E-state index contributed by atoms with van der Waals surface area (Å²) < 4.78 is 0. The highest BCUT2D eigenvalue weighted by molar-refractivity contribution is 7.13. The summed E-state index contributed by atoms with van der Waals surface area (Å²) in [5.74, 6) is 0.447. The van der Waals surface area contributed by atoms with E-state index in [1.807, 2.05) is 0 Å². The van der Waals surface area contributed by atoms with Gasteiger partial charge in [0.05, 0.1) is 0 Å². The average Bonchev–Trinajstić information content (AvgIpc) is 2.94. The van der Waals surface area contributed by atoms with Gasteiger partial charge in [-0.2, -0.15) is 0 Å². The van der Waals surface area contributed by atoms with Crippen molar-refractivity contribution >= 4 is 22.4 Å². The molecule has 94 valence electrons. The third-order valence-corrected chi connectivity index (χ3v) is 3.80. The molecule has 1 aliphatic heterocycles. The minimum Gasteiger partial charge on any atom is -0.375 e. The SMILES string of the molecule is CCN1CCC(CNC(=O)c2csc(N)n2)C1. The third kappa shape index (κ3) is 3.17. The second-order valence-electron chi connectivity index (χ2n) is 4.33. The number of nitrogens with zero attached hydrogens (tertiary/aromatic N) is 2. The summed E-state index contributed by atoms with van der Waals surface area (Å²) in [4.78, 5) is 18.1. The Morgan fingerprint density at radius 3 is 3.18 bits per heavy atom. The van der Waals surface area contributed by atoms with Gasteiger partial charge in [0.1, 0.15) is 5.69 Å². The minimum atomic E-state index is -0.118. The Morgan fingerprint density at radius 1 is 1.76 bits per heavy atom. The summed E-state index contributed by atoms with van der Waals surface area (Å²) in [6, 6.07) is 0. The number of thiazole rings is 1. The number of likely N-dealkylation sites (tertiary alicyclic amines) is 1. The summed E-state index contributed by atoms with van der Waals surface area (Å²) in [6.45, 7) is 6.20. The third-order valence-electron chi connectivity index (χ3n) is 3.12. The Hall–Kier alpha value is -1.14. The molecule has 1 amide bonds. The molecule has 0 spiro atoms. The molecule has 3 N–H and O–H groups in total. The van der Waals surface area contributed by atoms with Crippen molar-refractivity contribution in [2.75, 3.05) is 31.9 Å². The van der Waals surface area contributed by atoms with Crippen molar-refractivity contribution in [2.24, 2.45) is 5.92 Å². The Labute approximate surface area is 105 Å². The summed E-state index contributed by atoms with van der Waals surface area (Å²) in [7, 11) is 0. The number of anilines is 1. The van der Waals surface area contributed by atoms with Crippen LogP contribution in [0.4, 0.5) is 5.13 Å². The van der Waals surface area contributed by atoms with E-state index in [-0.39, 0.29) is 5.91 Å². The van der Waals surface area contributed by atoms with Crippen molar-refractivity contribution in [3.8, 4) is 0 Å². The first-order valence-electron chi connectivity index (χ1n) is 5.90. The van der Waals surface area contributed by atoms with Crippen LogP contribution in [0.1, 0.15) is 23.8 Å². The summed E-state index contributed by atoms with van der Waals surface area (Å²) in [5.41, 5.74) is 5.92. The Kier molecular flexibility index (Phi) is 3.96. The van der Waals surface area contributed by atoms with Crippen LogP contribution >= 0.6 is 11.3 Å². The van der Waals surface area contributed by atoms with E-state index < -0.39 is 0 Å². The van der Waals surface area contributed by atoms with Gasteiger partial charge in [0.15, 0.2) is 5.13 Å². The number of aromatic nitrogens is 1. The molecule has 2 rings (SSSR count). The first-order chi connectivity index (χ1) is 8.19. The standard InChI is InChI=1S/C11H18N4OS/c1-2-15-4-3-8(6-15)5-13-10(16)9-7-17-11(12)14-9/h7-8H,2-6H2,1H3,(H2,12,14)(H,13,16). The van der Waals surface area contributed by atoms with E-state index in [1.54, 1.807) is 5.38 Å². The second-order valence-corrected chi connectivity index (χ2v) is 5.22. The van der Waals surface area contributed by atoms with Gasteiger partial charge in [-0.05, 0) is 25.4 Å². The summed E-state index contributed by atoms with van der Waals surface area (Å²) in [5, 5.41) is 5.05. The van der Waals surface area contributed by atoms with Gasteiger partial charge in [-0.15, -0.1) is 11.3 Å². The average molecular weight is 254 g/mol. The van der Waals surface area contributed by atoms with E-state index in [1.165, 1.54) is 11.3 Å². The maximum atomic E-state index is 11.7. The molecule has 1 saturated heterocycles. The molecule has 0 saturated carbocycles. The fourth-order valence-electron chi connectivity index (χ4n) is 2.09. The van der Waals surface area contributed by atoms with Gasteiger partial charge in [0.2, 0.25) is 0 Å². The summed E-state index contributed by atoms with van der Waals surface area (Å²) in [6.07, 6.45) is 1.16. The monoisotopic (exact) mass is 254 g/mol. The van der Waals surface area contributed by atoms with Crippen molar-refractivity contribution in [2.45, 2.75) is 13.3 Å². The van der Waals surface area contributed by atoms with Crippen molar-refractivity contribution in [1.82, 2.24) is 15.2 Å². The number of carbonyl (C=O) groups excluding carboxylic acids is 1. The molecule has 0 radical (unpaired) electrons. The van der Waals surface area contributed by atoms with E-state index in [4.69, 9.17) is 5.73 Å². The number of rotatable bonds is 4. The number of amides is 1. The van der Waals surface area contributed by atoms with Crippen LogP contribution in [0.3, 0.4) is 0 Å². The molecule has 0 bridgehead atoms. The van der Waals surface area contributed by atoms with Crippen LogP contribution in [-0.4, -0.2) is 42.0 Å². The number of nitrogens with two attached hydrogens (primary N) is 1. The highest BCUT2D eigenvalue weighted by Crippen LogP contribution is 2.15. The minimum absolute atomic E-state index is 0.118. The van der Waals surface area contributed by atoms with Gasteiger partial charge in [-0.25, -0.2) is 4.98 Å². The molecule has 1 aromatic heterocycles. The zero-order valence-corrected chi connectivity index (χ0v) is 10.8. The van der Waals surface area contributed by atoms with Crippen LogP contribution in [-0.2, 0) is 0 Å². The fraction of sp³-hybridized carbons (Fsp3) is 0.636.